The number of rotatable bonds is 1. The maximum atomic E-state index is 2.74. The van der Waals surface area contributed by atoms with Crippen molar-refractivity contribution in [3.05, 3.63) is 0 Å². The predicted molar refractivity (Wildman–Crippen MR) is 65.1 cm³/mol. The minimum Gasteiger partial charge on any atom is -0.298 e. The Morgan fingerprint density at radius 1 is 1.27 bits per heavy atom. The van der Waals surface area contributed by atoms with Crippen LogP contribution >= 0.6 is 0 Å². The van der Waals surface area contributed by atoms with E-state index in [1.54, 1.807) is 0 Å². The Morgan fingerprint density at radius 3 is 2.67 bits per heavy atom. The van der Waals surface area contributed by atoms with Crippen LogP contribution < -0.4 is 0 Å². The lowest BCUT2D eigenvalue weighted by Gasteiger charge is -2.54. The molecule has 88 valence electrons. The molecule has 2 saturated heterocycles. The average Bonchev–Trinajstić information content (AvgIpc) is 2.19. The summed E-state index contributed by atoms with van der Waals surface area (Å²) in [5, 5.41) is 0. The van der Waals surface area contributed by atoms with Crippen molar-refractivity contribution in [1.29, 1.82) is 0 Å². The van der Waals surface area contributed by atoms with Gasteiger partial charge in [-0.2, -0.15) is 0 Å². The highest BCUT2D eigenvalue weighted by Crippen LogP contribution is 2.33. The molecule has 2 heterocycles. The summed E-state index contributed by atoms with van der Waals surface area (Å²) in [6, 6.07) is 0.843. The molecule has 2 aliphatic heterocycles. The summed E-state index contributed by atoms with van der Waals surface area (Å²) in [4.78, 5) is 5.34. The number of piperazine rings is 1. The van der Waals surface area contributed by atoms with Gasteiger partial charge in [-0.3, -0.25) is 9.80 Å². The molecule has 0 amide bonds. The van der Waals surface area contributed by atoms with Crippen LogP contribution in [0.3, 0.4) is 0 Å². The van der Waals surface area contributed by atoms with E-state index in [4.69, 9.17) is 0 Å². The fourth-order valence-corrected chi connectivity index (χ4v) is 3.15. The maximum absolute atomic E-state index is 2.74. The lowest BCUT2D eigenvalue weighted by Crippen LogP contribution is -2.66. The molecule has 0 saturated carbocycles. The van der Waals surface area contributed by atoms with Crippen molar-refractivity contribution in [2.75, 3.05) is 26.7 Å². The van der Waals surface area contributed by atoms with Crippen molar-refractivity contribution < 1.29 is 0 Å². The predicted octanol–water partition coefficient (Wildman–Crippen LogP) is 2.20. The van der Waals surface area contributed by atoms with Gasteiger partial charge in [0.25, 0.3) is 0 Å². The first kappa shape index (κ1) is 11.4. The van der Waals surface area contributed by atoms with E-state index in [2.05, 4.69) is 37.6 Å². The molecule has 2 aliphatic rings. The molecule has 0 aromatic carbocycles. The molecular formula is C13H26N2. The third-order valence-electron chi connectivity index (χ3n) is 4.87. The van der Waals surface area contributed by atoms with Gasteiger partial charge >= 0.3 is 0 Å². The summed E-state index contributed by atoms with van der Waals surface area (Å²) in [6.45, 7) is 11.0. The van der Waals surface area contributed by atoms with Gasteiger partial charge < -0.3 is 0 Å². The Hall–Kier alpha value is -0.0800. The summed E-state index contributed by atoms with van der Waals surface area (Å²) >= 11 is 0. The molecule has 2 heteroatoms. The maximum Gasteiger partial charge on any atom is 0.0328 e. The molecule has 2 rings (SSSR count). The fraction of sp³-hybridized carbons (Fsp3) is 1.00. The average molecular weight is 210 g/mol. The van der Waals surface area contributed by atoms with Crippen LogP contribution in [0, 0.1) is 5.92 Å². The first-order valence-electron chi connectivity index (χ1n) is 6.49. The van der Waals surface area contributed by atoms with Crippen LogP contribution in [-0.4, -0.2) is 48.1 Å². The van der Waals surface area contributed by atoms with Crippen LogP contribution in [0.2, 0.25) is 0 Å². The van der Waals surface area contributed by atoms with E-state index < -0.39 is 0 Å². The van der Waals surface area contributed by atoms with E-state index in [1.807, 2.05) is 0 Å². The third-order valence-corrected chi connectivity index (χ3v) is 4.87. The van der Waals surface area contributed by atoms with Gasteiger partial charge in [0.15, 0.2) is 0 Å². The molecule has 0 bridgehead atoms. The van der Waals surface area contributed by atoms with Crippen molar-refractivity contribution in [1.82, 2.24) is 9.80 Å². The molecule has 0 aliphatic carbocycles. The number of piperidine rings is 1. The summed E-state index contributed by atoms with van der Waals surface area (Å²) in [5.74, 6) is 0.741. The van der Waals surface area contributed by atoms with Gasteiger partial charge in [-0.05, 0) is 39.3 Å². The standard InChI is InChI=1S/C13H26N2/c1-11(2)13(3)10-15-8-6-5-7-12(15)9-14(13)4/h11-12H,5-10H2,1-4H3. The number of hydrogen-bond acceptors (Lipinski definition) is 2. The van der Waals surface area contributed by atoms with E-state index >= 15 is 0 Å². The number of fused-ring (bicyclic) bond motifs is 1. The second-order valence-electron chi connectivity index (χ2n) is 6.01. The number of hydrogen-bond donors (Lipinski definition) is 0. The van der Waals surface area contributed by atoms with Crippen LogP contribution in [-0.2, 0) is 0 Å². The van der Waals surface area contributed by atoms with Gasteiger partial charge in [0.05, 0.1) is 0 Å². The molecule has 0 N–H and O–H groups in total. The Bertz CT molecular complexity index is 227. The number of likely N-dealkylation sites (N-methyl/N-ethyl adjacent to an activating group) is 1. The summed E-state index contributed by atoms with van der Waals surface area (Å²) < 4.78 is 0. The van der Waals surface area contributed by atoms with E-state index in [0.717, 1.165) is 12.0 Å². The lowest BCUT2D eigenvalue weighted by atomic mass is 9.82. The molecule has 2 nitrogen and oxygen atoms in total. The smallest absolute Gasteiger partial charge is 0.0328 e. The quantitative estimate of drug-likeness (QED) is 0.654. The summed E-state index contributed by atoms with van der Waals surface area (Å²) in [6.07, 6.45) is 4.26. The SMILES string of the molecule is CC(C)C1(C)CN2CCCCC2CN1C. The lowest BCUT2D eigenvalue weighted by molar-refractivity contribution is -0.0483. The molecule has 0 aromatic rings. The minimum atomic E-state index is 0.383. The number of nitrogens with zero attached hydrogens (tertiary/aromatic N) is 2. The second-order valence-corrected chi connectivity index (χ2v) is 6.01. The second kappa shape index (κ2) is 4.06. The zero-order chi connectivity index (χ0) is 11.1. The monoisotopic (exact) mass is 210 g/mol. The van der Waals surface area contributed by atoms with Crippen LogP contribution in [0.4, 0.5) is 0 Å². The highest BCUT2D eigenvalue weighted by atomic mass is 15.3. The van der Waals surface area contributed by atoms with Gasteiger partial charge in [0, 0.05) is 24.7 Å². The van der Waals surface area contributed by atoms with Crippen LogP contribution in [0.25, 0.3) is 0 Å². The summed E-state index contributed by atoms with van der Waals surface area (Å²) in [7, 11) is 2.31. The van der Waals surface area contributed by atoms with E-state index in [9.17, 15) is 0 Å². The van der Waals surface area contributed by atoms with Gasteiger partial charge in [-0.1, -0.05) is 20.3 Å². The first-order valence-corrected chi connectivity index (χ1v) is 6.49. The van der Waals surface area contributed by atoms with Gasteiger partial charge in [0.1, 0.15) is 0 Å². The van der Waals surface area contributed by atoms with Crippen molar-refractivity contribution in [2.24, 2.45) is 5.92 Å². The fourth-order valence-electron chi connectivity index (χ4n) is 3.15. The molecule has 0 radical (unpaired) electrons. The Labute approximate surface area is 94.6 Å². The molecule has 0 spiro atoms. The highest BCUT2D eigenvalue weighted by molar-refractivity contribution is 4.99. The van der Waals surface area contributed by atoms with Gasteiger partial charge in [-0.25, -0.2) is 0 Å². The largest absolute Gasteiger partial charge is 0.298 e. The van der Waals surface area contributed by atoms with E-state index in [1.165, 1.54) is 38.9 Å². The third kappa shape index (κ3) is 1.94. The van der Waals surface area contributed by atoms with Gasteiger partial charge in [0.2, 0.25) is 0 Å². The van der Waals surface area contributed by atoms with Crippen molar-refractivity contribution in [2.45, 2.75) is 51.6 Å². The van der Waals surface area contributed by atoms with E-state index in [0.29, 0.717) is 5.54 Å². The Balaban J connectivity index is 2.11. The molecule has 2 unspecified atom stereocenters. The van der Waals surface area contributed by atoms with Crippen LogP contribution in [0.5, 0.6) is 0 Å². The Morgan fingerprint density at radius 2 is 2.00 bits per heavy atom. The molecule has 2 atom stereocenters. The van der Waals surface area contributed by atoms with Crippen LogP contribution in [0.1, 0.15) is 40.0 Å². The topological polar surface area (TPSA) is 6.48 Å². The van der Waals surface area contributed by atoms with Crippen molar-refractivity contribution in [3.63, 3.8) is 0 Å². The molecule has 0 aromatic heterocycles. The zero-order valence-electron chi connectivity index (χ0n) is 10.8. The normalized spacial score (nSPS) is 39.4. The summed E-state index contributed by atoms with van der Waals surface area (Å²) in [5.41, 5.74) is 0.383. The molecule has 15 heavy (non-hydrogen) atoms. The van der Waals surface area contributed by atoms with Crippen molar-refractivity contribution >= 4 is 0 Å². The highest BCUT2D eigenvalue weighted by Gasteiger charge is 2.42. The van der Waals surface area contributed by atoms with Gasteiger partial charge in [-0.15, -0.1) is 0 Å². The van der Waals surface area contributed by atoms with Crippen molar-refractivity contribution in [3.8, 4) is 0 Å². The van der Waals surface area contributed by atoms with E-state index in [-0.39, 0.29) is 0 Å². The zero-order valence-corrected chi connectivity index (χ0v) is 10.8. The first-order chi connectivity index (χ1) is 7.04. The Kier molecular flexibility index (Phi) is 3.09. The molecule has 2 fully saturated rings. The molecular weight excluding hydrogens is 184 g/mol. The minimum absolute atomic E-state index is 0.383. The van der Waals surface area contributed by atoms with Crippen LogP contribution in [0.15, 0.2) is 0 Å².